The SMILES string of the molecule is [C-]#[N+]c1cc(N2c3ccccc3C3(c4ccc(C)cc4-c4cc(C)ccc43)c3ccccc32)c(C#N)cc1-c1nc(-c2ccccc2)nc(-c2ccccc2)n1. The summed E-state index contributed by atoms with van der Waals surface area (Å²) in [6.45, 7) is 12.8. The lowest BCUT2D eigenvalue weighted by Gasteiger charge is -2.45. The van der Waals surface area contributed by atoms with Crippen molar-refractivity contribution < 1.29 is 0 Å². The maximum atomic E-state index is 11.0. The van der Waals surface area contributed by atoms with Crippen LogP contribution < -0.4 is 4.90 Å². The van der Waals surface area contributed by atoms with E-state index in [4.69, 9.17) is 21.5 Å². The Labute approximate surface area is 325 Å². The second-order valence-corrected chi connectivity index (χ2v) is 14.4. The van der Waals surface area contributed by atoms with Crippen LogP contribution in [0, 0.1) is 31.8 Å². The molecule has 56 heavy (non-hydrogen) atoms. The Morgan fingerprint density at radius 2 is 1.00 bits per heavy atom. The number of hydrogen-bond donors (Lipinski definition) is 0. The molecule has 262 valence electrons. The molecule has 0 saturated heterocycles. The number of aromatic nitrogens is 3. The predicted octanol–water partition coefficient (Wildman–Crippen LogP) is 12.1. The minimum absolute atomic E-state index is 0.329. The van der Waals surface area contributed by atoms with Gasteiger partial charge in [0.2, 0.25) is 0 Å². The lowest BCUT2D eigenvalue weighted by molar-refractivity contribution is 0.752. The van der Waals surface area contributed by atoms with Crippen LogP contribution >= 0.6 is 0 Å². The maximum Gasteiger partial charge on any atom is 0.200 e. The van der Waals surface area contributed by atoms with Gasteiger partial charge in [0.05, 0.1) is 34.6 Å². The van der Waals surface area contributed by atoms with Gasteiger partial charge in [0, 0.05) is 16.7 Å². The lowest BCUT2D eigenvalue weighted by atomic mass is 9.64. The molecule has 0 amide bonds. The van der Waals surface area contributed by atoms with Crippen molar-refractivity contribution in [3.8, 4) is 51.4 Å². The van der Waals surface area contributed by atoms with E-state index in [9.17, 15) is 5.26 Å². The van der Waals surface area contributed by atoms with Crippen molar-refractivity contribution in [3.05, 3.63) is 208 Å². The molecule has 1 aliphatic heterocycles. The summed E-state index contributed by atoms with van der Waals surface area (Å²) in [7, 11) is 0. The number of anilines is 3. The summed E-state index contributed by atoms with van der Waals surface area (Å²) in [6.07, 6.45) is 0. The highest BCUT2D eigenvalue weighted by atomic mass is 15.2. The third-order valence-corrected chi connectivity index (χ3v) is 11.1. The van der Waals surface area contributed by atoms with Gasteiger partial charge in [0.25, 0.3) is 0 Å². The van der Waals surface area contributed by atoms with Crippen molar-refractivity contribution in [3.63, 3.8) is 0 Å². The van der Waals surface area contributed by atoms with Gasteiger partial charge >= 0.3 is 0 Å². The maximum absolute atomic E-state index is 11.0. The summed E-state index contributed by atoms with van der Waals surface area (Å²) in [5, 5.41) is 11.0. The van der Waals surface area contributed by atoms with Crippen LogP contribution in [-0.4, -0.2) is 15.0 Å². The molecule has 10 rings (SSSR count). The van der Waals surface area contributed by atoms with Gasteiger partial charge in [-0.05, 0) is 71.5 Å². The van der Waals surface area contributed by atoms with Crippen LogP contribution in [0.3, 0.4) is 0 Å². The highest BCUT2D eigenvalue weighted by molar-refractivity contribution is 5.98. The van der Waals surface area contributed by atoms with Crippen molar-refractivity contribution in [1.29, 1.82) is 5.26 Å². The normalized spacial score (nSPS) is 12.9. The number of benzene rings is 7. The van der Waals surface area contributed by atoms with Crippen LogP contribution in [0.5, 0.6) is 0 Å². The van der Waals surface area contributed by atoms with Crippen LogP contribution in [0.4, 0.5) is 22.7 Å². The monoisotopic (exact) mass is 716 g/mol. The number of rotatable bonds is 4. The first-order chi connectivity index (χ1) is 27.5. The third-order valence-electron chi connectivity index (χ3n) is 11.1. The van der Waals surface area contributed by atoms with Crippen LogP contribution in [0.2, 0.25) is 0 Å². The van der Waals surface area contributed by atoms with E-state index >= 15 is 0 Å². The van der Waals surface area contributed by atoms with E-state index < -0.39 is 5.41 Å². The van der Waals surface area contributed by atoms with Crippen LogP contribution in [0.25, 0.3) is 50.1 Å². The molecule has 0 bridgehead atoms. The first-order valence-corrected chi connectivity index (χ1v) is 18.5. The number of nitrogens with zero attached hydrogens (tertiary/aromatic N) is 6. The van der Waals surface area contributed by atoms with Gasteiger partial charge < -0.3 is 4.90 Å². The number of nitriles is 1. The van der Waals surface area contributed by atoms with E-state index in [1.807, 2.05) is 78.9 Å². The molecule has 1 aromatic heterocycles. The Morgan fingerprint density at radius 1 is 0.518 bits per heavy atom. The van der Waals surface area contributed by atoms with E-state index in [2.05, 4.69) is 102 Å². The van der Waals surface area contributed by atoms with Gasteiger partial charge in [-0.15, -0.1) is 0 Å². The molecular formula is C50H32N6. The predicted molar refractivity (Wildman–Crippen MR) is 222 cm³/mol. The molecule has 0 fully saturated rings. The highest BCUT2D eigenvalue weighted by Gasteiger charge is 2.51. The van der Waals surface area contributed by atoms with Crippen molar-refractivity contribution in [1.82, 2.24) is 15.0 Å². The van der Waals surface area contributed by atoms with Gasteiger partial charge in [-0.2, -0.15) is 5.26 Å². The fourth-order valence-corrected chi connectivity index (χ4v) is 8.70. The zero-order valence-corrected chi connectivity index (χ0v) is 30.7. The van der Waals surface area contributed by atoms with Crippen molar-refractivity contribution in [2.24, 2.45) is 0 Å². The number of para-hydroxylation sites is 2. The molecule has 1 aliphatic carbocycles. The Bertz CT molecular complexity index is 2820. The molecule has 0 saturated carbocycles. The average Bonchev–Trinajstić information content (AvgIpc) is 3.52. The minimum Gasteiger partial charge on any atom is -0.310 e. The van der Waals surface area contributed by atoms with Crippen molar-refractivity contribution in [2.75, 3.05) is 4.90 Å². The lowest BCUT2D eigenvalue weighted by Crippen LogP contribution is -2.36. The third kappa shape index (κ3) is 4.83. The Hall–Kier alpha value is -7.67. The van der Waals surface area contributed by atoms with E-state index in [1.54, 1.807) is 6.07 Å². The molecule has 0 atom stereocenters. The van der Waals surface area contributed by atoms with Gasteiger partial charge in [0.15, 0.2) is 23.2 Å². The van der Waals surface area contributed by atoms with Gasteiger partial charge in [-0.1, -0.05) is 145 Å². The second-order valence-electron chi connectivity index (χ2n) is 14.4. The van der Waals surface area contributed by atoms with Gasteiger partial charge in [0.1, 0.15) is 6.07 Å². The largest absolute Gasteiger partial charge is 0.310 e. The molecule has 6 nitrogen and oxygen atoms in total. The fourth-order valence-electron chi connectivity index (χ4n) is 8.70. The first-order valence-electron chi connectivity index (χ1n) is 18.5. The Kier molecular flexibility index (Phi) is 7.49. The van der Waals surface area contributed by atoms with E-state index in [-0.39, 0.29) is 0 Å². The van der Waals surface area contributed by atoms with E-state index in [1.165, 1.54) is 33.4 Å². The first kappa shape index (κ1) is 32.9. The molecule has 0 N–H and O–H groups in total. The number of fused-ring (bicyclic) bond motifs is 9. The Balaban J connectivity index is 1.21. The molecule has 1 spiro atoms. The fraction of sp³-hybridized carbons (Fsp3) is 0.0600. The van der Waals surface area contributed by atoms with E-state index in [0.717, 1.165) is 33.6 Å². The van der Waals surface area contributed by atoms with Gasteiger partial charge in [-0.25, -0.2) is 19.8 Å². The molecule has 7 aromatic carbocycles. The average molecular weight is 717 g/mol. The van der Waals surface area contributed by atoms with Crippen LogP contribution in [0.1, 0.15) is 38.9 Å². The van der Waals surface area contributed by atoms with Gasteiger partial charge in [-0.3, -0.25) is 0 Å². The van der Waals surface area contributed by atoms with Crippen molar-refractivity contribution >= 4 is 22.7 Å². The number of aryl methyl sites for hydroxylation is 2. The summed E-state index contributed by atoms with van der Waals surface area (Å²) >= 11 is 0. The molecular weight excluding hydrogens is 685 g/mol. The zero-order valence-electron chi connectivity index (χ0n) is 30.7. The Morgan fingerprint density at radius 3 is 1.50 bits per heavy atom. The summed E-state index contributed by atoms with van der Waals surface area (Å²) in [6, 6.07) is 56.2. The summed E-state index contributed by atoms with van der Waals surface area (Å²) in [5.41, 5.74) is 14.4. The van der Waals surface area contributed by atoms with Crippen LogP contribution in [-0.2, 0) is 5.41 Å². The quantitative estimate of drug-likeness (QED) is 0.170. The minimum atomic E-state index is -0.600. The van der Waals surface area contributed by atoms with E-state index in [0.29, 0.717) is 40.0 Å². The second kappa shape index (κ2) is 12.7. The summed E-state index contributed by atoms with van der Waals surface area (Å²) in [5.74, 6) is 1.30. The standard InChI is InChI=1S/C50H32N6/c1-31-22-24-39-36(26-31)37-27-32(2)23-25-40(37)50(39)41-18-10-12-20-44(41)56(45-21-13-11-19-42(45)50)46-29-43(52-3)38(28-35(46)30-51)49-54-47(33-14-6-4-7-15-33)53-48(55-49)34-16-8-5-9-17-34/h4-29H,1-2H3. The summed E-state index contributed by atoms with van der Waals surface area (Å²) in [4.78, 5) is 20.9. The molecule has 8 aromatic rings. The molecule has 2 heterocycles. The zero-order chi connectivity index (χ0) is 38.0. The topological polar surface area (TPSA) is 70.1 Å². The smallest absolute Gasteiger partial charge is 0.200 e. The summed E-state index contributed by atoms with van der Waals surface area (Å²) < 4.78 is 0. The van der Waals surface area contributed by atoms with Crippen LogP contribution in [0.15, 0.2) is 158 Å². The highest BCUT2D eigenvalue weighted by Crippen LogP contribution is 2.63. The molecule has 0 unspecified atom stereocenters. The number of hydrogen-bond acceptors (Lipinski definition) is 5. The molecule has 0 radical (unpaired) electrons. The molecule has 6 heteroatoms. The molecule has 2 aliphatic rings. The van der Waals surface area contributed by atoms with Crippen molar-refractivity contribution in [2.45, 2.75) is 19.3 Å².